The number of aromatic amines is 2. The van der Waals surface area contributed by atoms with Gasteiger partial charge in [0.2, 0.25) is 22.7 Å². The first-order valence-corrected chi connectivity index (χ1v) is 16.2. The number of aryl methyl sites for hydroxylation is 2. The average Bonchev–Trinajstić information content (AvgIpc) is 3.39. The minimum Gasteiger partial charge on any atom is -0.759 e. The van der Waals surface area contributed by atoms with Crippen LogP contribution in [0, 0.1) is 13.8 Å². The molecule has 0 bridgehead atoms. The SMILES string of the molecule is C/[S+]=C(\N)NCCSCc1[nH]cnc1C.C/[S+]=C(\N)NCCSCc1[nH]cnc1C.O=S(=O)([O-])[O-]. The predicted molar refractivity (Wildman–Crippen MR) is 150 cm³/mol. The Hall–Kier alpha value is -0.990. The summed E-state index contributed by atoms with van der Waals surface area (Å²) in [5, 5.41) is 7.85. The van der Waals surface area contributed by atoms with E-state index in [2.05, 4.69) is 30.6 Å². The third kappa shape index (κ3) is 20.9. The first-order valence-electron chi connectivity index (χ1n) is 10.1. The topological polar surface area (TPSA) is 214 Å². The van der Waals surface area contributed by atoms with Gasteiger partial charge in [-0.2, -0.15) is 23.5 Å². The number of nitrogens with two attached hydrogens (primary N) is 2. The predicted octanol–water partition coefficient (Wildman–Crippen LogP) is -0.739. The van der Waals surface area contributed by atoms with Gasteiger partial charge in [-0.3, -0.25) is 8.42 Å². The minimum atomic E-state index is -5.17. The van der Waals surface area contributed by atoms with Crippen LogP contribution in [-0.2, 0) is 44.6 Å². The van der Waals surface area contributed by atoms with E-state index in [1.165, 1.54) is 11.4 Å². The van der Waals surface area contributed by atoms with Crippen molar-refractivity contribution >= 4 is 66.8 Å². The van der Waals surface area contributed by atoms with E-state index in [1.807, 2.05) is 49.9 Å². The number of nitrogens with one attached hydrogen (secondary N) is 4. The number of imidazole rings is 2. The molecule has 2 heterocycles. The second-order valence-corrected chi connectivity index (χ2v) is 11.2. The van der Waals surface area contributed by atoms with E-state index in [4.69, 9.17) is 29.0 Å². The maximum atomic E-state index is 8.52. The summed E-state index contributed by atoms with van der Waals surface area (Å²) in [5.74, 6) is 4.04. The Balaban J connectivity index is 0.000000555. The van der Waals surface area contributed by atoms with Gasteiger partial charge in [-0.05, 0) is 13.8 Å². The van der Waals surface area contributed by atoms with E-state index in [1.54, 1.807) is 35.4 Å². The molecule has 0 aliphatic carbocycles. The summed E-state index contributed by atoms with van der Waals surface area (Å²) in [6.07, 6.45) is 7.40. The van der Waals surface area contributed by atoms with E-state index < -0.39 is 10.4 Å². The van der Waals surface area contributed by atoms with Gasteiger partial charge in [0.05, 0.1) is 24.0 Å². The lowest BCUT2D eigenvalue weighted by Gasteiger charge is -2.06. The molecule has 12 nitrogen and oxygen atoms in total. The molecule has 0 fully saturated rings. The standard InChI is InChI=1S/2C9H17N4S2.H2O4S/c2*1-7-8(13-6-12-7)5-15-4-3-11-9(10)14-2;1-5(2,3)4/h2*6,11H,3-5,10H2,1-2H3,(H,12,13);(H2,1,2,3,4)/q2*+1;/p-2. The Morgan fingerprint density at radius 2 is 1.26 bits per heavy atom. The maximum absolute atomic E-state index is 8.52. The number of hydrogen-bond acceptors (Lipinski definition) is 8. The van der Waals surface area contributed by atoms with E-state index in [-0.39, 0.29) is 0 Å². The average molecular weight is 587 g/mol. The monoisotopic (exact) mass is 586 g/mol. The molecule has 17 heteroatoms. The van der Waals surface area contributed by atoms with Crippen LogP contribution in [0.1, 0.15) is 22.8 Å². The smallest absolute Gasteiger partial charge is 0.317 e. The summed E-state index contributed by atoms with van der Waals surface area (Å²) in [4.78, 5) is 14.5. The van der Waals surface area contributed by atoms with Crippen molar-refractivity contribution in [2.24, 2.45) is 11.5 Å². The molecule has 0 saturated carbocycles. The highest BCUT2D eigenvalue weighted by Crippen LogP contribution is 2.12. The molecule has 0 radical (unpaired) electrons. The number of H-pyrrole nitrogens is 2. The lowest BCUT2D eigenvalue weighted by molar-refractivity contribution is 0.352. The van der Waals surface area contributed by atoms with Crippen molar-refractivity contribution in [3.63, 3.8) is 0 Å². The van der Waals surface area contributed by atoms with Crippen LogP contribution in [0.15, 0.2) is 12.7 Å². The van der Waals surface area contributed by atoms with Crippen LogP contribution in [-0.4, -0.2) is 84.8 Å². The van der Waals surface area contributed by atoms with Crippen LogP contribution in [0.4, 0.5) is 0 Å². The fourth-order valence-corrected chi connectivity index (χ4v) is 4.32. The normalized spacial score (nSPS) is 12.0. The molecule has 2 rings (SSSR count). The van der Waals surface area contributed by atoms with Gasteiger partial charge < -0.3 is 19.1 Å². The quantitative estimate of drug-likeness (QED) is 0.0668. The molecular weight excluding hydrogens is 553 g/mol. The summed E-state index contributed by atoms with van der Waals surface area (Å²) in [6, 6.07) is 0. The summed E-state index contributed by atoms with van der Waals surface area (Å²) in [6.45, 7) is 5.85. The molecular formula is C18H34N8O4S5. The van der Waals surface area contributed by atoms with Crippen molar-refractivity contribution in [2.75, 3.05) is 37.1 Å². The molecule has 2 aromatic heterocycles. The van der Waals surface area contributed by atoms with Gasteiger partial charge in [0.25, 0.3) is 0 Å². The van der Waals surface area contributed by atoms with Crippen LogP contribution >= 0.6 is 23.5 Å². The Bertz CT molecular complexity index is 922. The number of thioether (sulfide) groups is 2. The Morgan fingerprint density at radius 3 is 1.51 bits per heavy atom. The zero-order chi connectivity index (χ0) is 26.7. The van der Waals surface area contributed by atoms with E-state index in [9.17, 15) is 0 Å². The second-order valence-electron chi connectivity index (χ2n) is 6.44. The molecule has 0 saturated heterocycles. The van der Waals surface area contributed by atoms with E-state index >= 15 is 0 Å². The number of nitrogens with zero attached hydrogens (tertiary/aromatic N) is 2. The summed E-state index contributed by atoms with van der Waals surface area (Å²) in [7, 11) is -5.17. The molecule has 0 amide bonds. The van der Waals surface area contributed by atoms with Crippen LogP contribution in [0.5, 0.6) is 0 Å². The second kappa shape index (κ2) is 20.1. The van der Waals surface area contributed by atoms with Gasteiger partial charge in [0, 0.05) is 57.9 Å². The third-order valence-electron chi connectivity index (χ3n) is 3.89. The summed E-state index contributed by atoms with van der Waals surface area (Å²) < 4.78 is 34.1. The van der Waals surface area contributed by atoms with Crippen molar-refractivity contribution < 1.29 is 17.5 Å². The van der Waals surface area contributed by atoms with Crippen molar-refractivity contribution in [2.45, 2.75) is 25.4 Å². The Morgan fingerprint density at radius 1 is 0.914 bits per heavy atom. The first-order chi connectivity index (χ1) is 16.5. The highest BCUT2D eigenvalue weighted by molar-refractivity contribution is 7.98. The van der Waals surface area contributed by atoms with Crippen molar-refractivity contribution in [3.8, 4) is 0 Å². The van der Waals surface area contributed by atoms with Crippen molar-refractivity contribution in [1.82, 2.24) is 30.6 Å². The third-order valence-corrected chi connectivity index (χ3v) is 7.03. The molecule has 0 aliphatic rings. The van der Waals surface area contributed by atoms with Crippen molar-refractivity contribution in [3.05, 3.63) is 35.4 Å². The highest BCUT2D eigenvalue weighted by Gasteiger charge is 2.03. The Kier molecular flexibility index (Phi) is 19.5. The number of rotatable bonds is 10. The van der Waals surface area contributed by atoms with E-state index in [0.717, 1.165) is 57.7 Å². The first kappa shape index (κ1) is 34.0. The van der Waals surface area contributed by atoms with Gasteiger partial charge in [0.15, 0.2) is 12.5 Å². The molecule has 0 atom stereocenters. The van der Waals surface area contributed by atoms with Gasteiger partial charge >= 0.3 is 10.2 Å². The molecule has 2 aromatic rings. The summed E-state index contributed by atoms with van der Waals surface area (Å²) in [5.41, 5.74) is 15.8. The van der Waals surface area contributed by atoms with E-state index in [0.29, 0.717) is 0 Å². The Labute approximate surface area is 223 Å². The largest absolute Gasteiger partial charge is 0.759 e. The number of hydrogen-bond donors (Lipinski definition) is 6. The molecule has 0 aliphatic heterocycles. The minimum absolute atomic E-state index is 0.785. The lowest BCUT2D eigenvalue weighted by Crippen LogP contribution is -2.33. The van der Waals surface area contributed by atoms with Crippen molar-refractivity contribution in [1.29, 1.82) is 0 Å². The van der Waals surface area contributed by atoms with Gasteiger partial charge in [-0.1, -0.05) is 0 Å². The highest BCUT2D eigenvalue weighted by atomic mass is 32.3. The fraction of sp³-hybridized carbons (Fsp3) is 0.556. The van der Waals surface area contributed by atoms with Gasteiger partial charge in [-0.15, -0.1) is 0 Å². The maximum Gasteiger partial charge on any atom is 0.317 e. The number of aromatic nitrogens is 4. The molecule has 0 unspecified atom stereocenters. The van der Waals surface area contributed by atoms with Crippen LogP contribution in [0.2, 0.25) is 0 Å². The summed E-state index contributed by atoms with van der Waals surface area (Å²) >= 11 is 6.81. The van der Waals surface area contributed by atoms with Crippen LogP contribution in [0.25, 0.3) is 0 Å². The molecule has 35 heavy (non-hydrogen) atoms. The molecule has 0 aromatic carbocycles. The zero-order valence-electron chi connectivity index (χ0n) is 20.1. The van der Waals surface area contributed by atoms with Gasteiger partial charge in [0.1, 0.15) is 0 Å². The van der Waals surface area contributed by atoms with Crippen LogP contribution < -0.4 is 22.1 Å². The van der Waals surface area contributed by atoms with Crippen LogP contribution in [0.3, 0.4) is 0 Å². The zero-order valence-corrected chi connectivity index (χ0v) is 24.2. The molecule has 8 N–H and O–H groups in total. The molecule has 200 valence electrons. The lowest BCUT2D eigenvalue weighted by atomic mass is 10.4. The fourth-order valence-electron chi connectivity index (χ4n) is 2.06. The van der Waals surface area contributed by atoms with Gasteiger partial charge in [-0.25, -0.2) is 32.1 Å². The molecule has 0 spiro atoms.